The normalized spacial score (nSPS) is 10.7. The van der Waals surface area contributed by atoms with E-state index in [9.17, 15) is 14.4 Å². The summed E-state index contributed by atoms with van der Waals surface area (Å²) >= 11 is 0. The third kappa shape index (κ3) is 4.38. The van der Waals surface area contributed by atoms with Gasteiger partial charge in [0.25, 0.3) is 5.56 Å². The minimum Gasteiger partial charge on any atom is -0.290 e. The lowest BCUT2D eigenvalue weighted by Gasteiger charge is -2.07. The second kappa shape index (κ2) is 8.84. The number of hydrogen-bond acceptors (Lipinski definition) is 5. The molecule has 0 bridgehead atoms. The average Bonchev–Trinajstić information content (AvgIpc) is 2.79. The van der Waals surface area contributed by atoms with Gasteiger partial charge in [0.1, 0.15) is 17.4 Å². The van der Waals surface area contributed by atoms with E-state index in [-0.39, 0.29) is 23.0 Å². The zero-order valence-electron chi connectivity index (χ0n) is 16.2. The van der Waals surface area contributed by atoms with Gasteiger partial charge in [0, 0.05) is 11.1 Å². The largest absolute Gasteiger partial charge is 0.290 e. The molecule has 6 nitrogen and oxygen atoms in total. The second-order valence-corrected chi connectivity index (χ2v) is 6.58. The van der Waals surface area contributed by atoms with Gasteiger partial charge in [-0.3, -0.25) is 9.78 Å². The van der Waals surface area contributed by atoms with Crippen LogP contribution in [0.25, 0.3) is 22.4 Å². The third-order valence-electron chi connectivity index (χ3n) is 4.55. The smallest absolute Gasteiger partial charge is 0.270 e. The molecule has 3 aromatic carbocycles. The van der Waals surface area contributed by atoms with Crippen molar-refractivity contribution >= 4 is 12.2 Å². The number of rotatable bonds is 5. The molecule has 4 rings (SSSR count). The Morgan fingerprint density at radius 3 is 2.52 bits per heavy atom. The number of halogens is 1. The Hall–Kier alpha value is -4.57. The summed E-state index contributed by atoms with van der Waals surface area (Å²) in [5.41, 5.74) is 5.26. The summed E-state index contributed by atoms with van der Waals surface area (Å²) in [5.74, 6) is -0.225. The van der Waals surface area contributed by atoms with Gasteiger partial charge in [0.15, 0.2) is 0 Å². The van der Waals surface area contributed by atoms with Crippen LogP contribution in [-0.4, -0.2) is 16.2 Å². The molecule has 0 aliphatic rings. The predicted molar refractivity (Wildman–Crippen MR) is 118 cm³/mol. The van der Waals surface area contributed by atoms with Crippen LogP contribution in [0.15, 0.2) is 88.8 Å². The Bertz CT molecular complexity index is 1360. The van der Waals surface area contributed by atoms with Crippen LogP contribution in [0.3, 0.4) is 0 Å². The van der Waals surface area contributed by atoms with E-state index in [1.165, 1.54) is 12.1 Å². The standard InChI is InChI=1S/C24H16FN5O/c25-19-11-6-10-17(13-19)20-12-5-4-9-18(20)15-27-30-24-28-22(16-7-2-1-3-8-16)21(14-26)23(31)29-24/h1-13,15H,(H2,28,29,30,31). The molecule has 0 saturated heterocycles. The molecule has 0 aliphatic carbocycles. The van der Waals surface area contributed by atoms with E-state index in [4.69, 9.17) is 0 Å². The van der Waals surface area contributed by atoms with E-state index in [2.05, 4.69) is 20.5 Å². The van der Waals surface area contributed by atoms with Gasteiger partial charge in [0.2, 0.25) is 5.95 Å². The monoisotopic (exact) mass is 409 g/mol. The highest BCUT2D eigenvalue weighted by molar-refractivity contribution is 5.90. The highest BCUT2D eigenvalue weighted by atomic mass is 19.1. The minimum absolute atomic E-state index is 0.0721. The van der Waals surface area contributed by atoms with Crippen molar-refractivity contribution in [1.29, 1.82) is 5.26 Å². The van der Waals surface area contributed by atoms with Crippen LogP contribution < -0.4 is 11.0 Å². The number of aromatic amines is 1. The molecule has 0 aliphatic heterocycles. The van der Waals surface area contributed by atoms with Gasteiger partial charge in [-0.25, -0.2) is 14.8 Å². The van der Waals surface area contributed by atoms with Crippen LogP contribution in [0.2, 0.25) is 0 Å². The number of nitrogens with zero attached hydrogens (tertiary/aromatic N) is 3. The van der Waals surface area contributed by atoms with Crippen LogP contribution >= 0.6 is 0 Å². The van der Waals surface area contributed by atoms with Crippen LogP contribution in [0.4, 0.5) is 10.3 Å². The highest BCUT2D eigenvalue weighted by Gasteiger charge is 2.13. The number of anilines is 1. The van der Waals surface area contributed by atoms with E-state index >= 15 is 0 Å². The summed E-state index contributed by atoms with van der Waals surface area (Å²) < 4.78 is 13.6. The lowest BCUT2D eigenvalue weighted by Crippen LogP contribution is -2.16. The predicted octanol–water partition coefficient (Wildman–Crippen LogP) is 4.56. The van der Waals surface area contributed by atoms with Crippen LogP contribution in [0.1, 0.15) is 11.1 Å². The third-order valence-corrected chi connectivity index (χ3v) is 4.55. The molecular formula is C24H16FN5O. The summed E-state index contributed by atoms with van der Waals surface area (Å²) in [6.45, 7) is 0. The van der Waals surface area contributed by atoms with Crippen molar-refractivity contribution in [2.75, 3.05) is 5.43 Å². The fraction of sp³-hybridized carbons (Fsp3) is 0. The number of H-pyrrole nitrogens is 1. The van der Waals surface area contributed by atoms with Crippen LogP contribution in [0.5, 0.6) is 0 Å². The van der Waals surface area contributed by atoms with Crippen molar-refractivity contribution < 1.29 is 4.39 Å². The van der Waals surface area contributed by atoms with Crippen molar-refractivity contribution in [2.24, 2.45) is 5.10 Å². The molecule has 0 spiro atoms. The molecule has 1 heterocycles. The molecule has 0 radical (unpaired) electrons. The number of benzene rings is 3. The summed E-state index contributed by atoms with van der Waals surface area (Å²) in [5, 5.41) is 13.5. The lowest BCUT2D eigenvalue weighted by atomic mass is 10.0. The average molecular weight is 409 g/mol. The maximum Gasteiger partial charge on any atom is 0.270 e. The molecule has 2 N–H and O–H groups in total. The summed E-state index contributed by atoms with van der Waals surface area (Å²) in [6.07, 6.45) is 1.56. The van der Waals surface area contributed by atoms with Crippen molar-refractivity contribution in [3.8, 4) is 28.5 Å². The Balaban J connectivity index is 1.65. The van der Waals surface area contributed by atoms with Gasteiger partial charge in [0.05, 0.1) is 11.9 Å². The van der Waals surface area contributed by atoms with Gasteiger partial charge >= 0.3 is 0 Å². The minimum atomic E-state index is -0.561. The fourth-order valence-corrected chi connectivity index (χ4v) is 3.13. The maximum absolute atomic E-state index is 13.6. The van der Waals surface area contributed by atoms with Crippen molar-refractivity contribution in [1.82, 2.24) is 9.97 Å². The molecular weight excluding hydrogens is 393 g/mol. The van der Waals surface area contributed by atoms with Gasteiger partial charge < -0.3 is 0 Å². The number of nitriles is 1. The fourth-order valence-electron chi connectivity index (χ4n) is 3.13. The zero-order valence-corrected chi connectivity index (χ0v) is 16.2. The first kappa shape index (κ1) is 19.7. The summed E-state index contributed by atoms with van der Waals surface area (Å²) in [6, 6.07) is 24.6. The first-order chi connectivity index (χ1) is 15.2. The van der Waals surface area contributed by atoms with Gasteiger partial charge in [-0.2, -0.15) is 10.4 Å². The Labute approximate surface area is 177 Å². The van der Waals surface area contributed by atoms with E-state index in [1.54, 1.807) is 36.5 Å². The molecule has 0 amide bonds. The SMILES string of the molecule is N#Cc1c(-c2ccccc2)nc(NN=Cc2ccccc2-c2cccc(F)c2)[nH]c1=O. The molecule has 1 aromatic heterocycles. The summed E-state index contributed by atoms with van der Waals surface area (Å²) in [7, 11) is 0. The number of hydrogen-bond donors (Lipinski definition) is 2. The molecule has 4 aromatic rings. The number of aromatic nitrogens is 2. The Morgan fingerprint density at radius 2 is 1.74 bits per heavy atom. The second-order valence-electron chi connectivity index (χ2n) is 6.58. The quantitative estimate of drug-likeness (QED) is 0.373. The maximum atomic E-state index is 13.6. The van der Waals surface area contributed by atoms with Gasteiger partial charge in [-0.15, -0.1) is 0 Å². The molecule has 0 atom stereocenters. The molecule has 0 unspecified atom stereocenters. The summed E-state index contributed by atoms with van der Waals surface area (Å²) in [4.78, 5) is 19.2. The van der Waals surface area contributed by atoms with E-state index in [0.717, 1.165) is 16.7 Å². The first-order valence-corrected chi connectivity index (χ1v) is 9.39. The number of hydrazone groups is 1. The molecule has 0 fully saturated rings. The van der Waals surface area contributed by atoms with E-state index < -0.39 is 5.56 Å². The van der Waals surface area contributed by atoms with E-state index in [1.807, 2.05) is 42.5 Å². The Morgan fingerprint density at radius 1 is 1.00 bits per heavy atom. The zero-order chi connectivity index (χ0) is 21.6. The molecule has 0 saturated carbocycles. The van der Waals surface area contributed by atoms with Crippen LogP contribution in [-0.2, 0) is 0 Å². The molecule has 7 heteroatoms. The first-order valence-electron chi connectivity index (χ1n) is 9.39. The topological polar surface area (TPSA) is 93.9 Å². The lowest BCUT2D eigenvalue weighted by molar-refractivity contribution is 0.628. The number of nitrogens with one attached hydrogen (secondary N) is 2. The van der Waals surface area contributed by atoms with Crippen molar-refractivity contribution in [2.45, 2.75) is 0 Å². The van der Waals surface area contributed by atoms with Crippen molar-refractivity contribution in [3.63, 3.8) is 0 Å². The van der Waals surface area contributed by atoms with Gasteiger partial charge in [-0.05, 0) is 23.3 Å². The molecule has 150 valence electrons. The highest BCUT2D eigenvalue weighted by Crippen LogP contribution is 2.23. The van der Waals surface area contributed by atoms with Gasteiger partial charge in [-0.1, -0.05) is 66.7 Å². The van der Waals surface area contributed by atoms with Crippen molar-refractivity contribution in [3.05, 3.63) is 106 Å². The Kier molecular flexibility index (Phi) is 5.63. The van der Waals surface area contributed by atoms with E-state index in [0.29, 0.717) is 5.56 Å². The molecule has 31 heavy (non-hydrogen) atoms. The van der Waals surface area contributed by atoms with Crippen LogP contribution in [0, 0.1) is 17.1 Å².